The molecular weight excluding hydrogens is 242 g/mol. The summed E-state index contributed by atoms with van der Waals surface area (Å²) in [5, 5.41) is 3.99. The van der Waals surface area contributed by atoms with Crippen LogP contribution in [0.25, 0.3) is 0 Å². The van der Waals surface area contributed by atoms with Crippen LogP contribution in [-0.2, 0) is 6.54 Å². The van der Waals surface area contributed by atoms with Crippen molar-refractivity contribution in [2.24, 2.45) is 5.73 Å². The van der Waals surface area contributed by atoms with Gasteiger partial charge in [0.15, 0.2) is 0 Å². The Labute approximate surface area is 111 Å². The summed E-state index contributed by atoms with van der Waals surface area (Å²) in [6, 6.07) is 10.4. The van der Waals surface area contributed by atoms with Crippen molar-refractivity contribution in [3.63, 3.8) is 0 Å². The minimum Gasteiger partial charge on any atom is -0.494 e. The van der Waals surface area contributed by atoms with E-state index in [9.17, 15) is 4.79 Å². The molecule has 0 fully saturated rings. The summed E-state index contributed by atoms with van der Waals surface area (Å²) < 4.78 is 6.73. The standard InChI is InChI=1S/C14H17N3O2/c1-2-19-12-7-5-11(6-8-12)13(15)10-17-14(18)4-3-9-16-17/h3-9,13H,2,10,15H2,1H3. The molecule has 0 aliphatic carbocycles. The molecule has 0 radical (unpaired) electrons. The molecule has 1 unspecified atom stereocenters. The third kappa shape index (κ3) is 3.42. The third-order valence-electron chi connectivity index (χ3n) is 2.77. The summed E-state index contributed by atoms with van der Waals surface area (Å²) in [5.41, 5.74) is 6.88. The first-order valence-corrected chi connectivity index (χ1v) is 6.21. The number of nitrogens with two attached hydrogens (primary N) is 1. The Balaban J connectivity index is 2.09. The normalized spacial score (nSPS) is 12.1. The van der Waals surface area contributed by atoms with Crippen molar-refractivity contribution >= 4 is 0 Å². The van der Waals surface area contributed by atoms with Gasteiger partial charge in [0.1, 0.15) is 5.75 Å². The van der Waals surface area contributed by atoms with Crippen LogP contribution < -0.4 is 16.0 Å². The lowest BCUT2D eigenvalue weighted by molar-refractivity contribution is 0.340. The molecule has 0 saturated heterocycles. The summed E-state index contributed by atoms with van der Waals surface area (Å²) in [6.07, 6.45) is 1.58. The summed E-state index contributed by atoms with van der Waals surface area (Å²) >= 11 is 0. The second-order valence-corrected chi connectivity index (χ2v) is 4.15. The van der Waals surface area contributed by atoms with E-state index in [0.29, 0.717) is 13.2 Å². The van der Waals surface area contributed by atoms with Gasteiger partial charge in [-0.05, 0) is 30.7 Å². The predicted molar refractivity (Wildman–Crippen MR) is 73.0 cm³/mol. The summed E-state index contributed by atoms with van der Waals surface area (Å²) in [5.74, 6) is 0.813. The highest BCUT2D eigenvalue weighted by Gasteiger charge is 2.08. The van der Waals surface area contributed by atoms with Crippen molar-refractivity contribution in [1.82, 2.24) is 9.78 Å². The van der Waals surface area contributed by atoms with E-state index < -0.39 is 0 Å². The minimum absolute atomic E-state index is 0.149. The van der Waals surface area contributed by atoms with Gasteiger partial charge in [-0.15, -0.1) is 0 Å². The zero-order chi connectivity index (χ0) is 13.7. The van der Waals surface area contributed by atoms with E-state index in [4.69, 9.17) is 10.5 Å². The van der Waals surface area contributed by atoms with Crippen LogP contribution in [0.15, 0.2) is 47.4 Å². The van der Waals surface area contributed by atoms with Gasteiger partial charge < -0.3 is 10.5 Å². The molecule has 0 bridgehead atoms. The highest BCUT2D eigenvalue weighted by molar-refractivity contribution is 5.28. The van der Waals surface area contributed by atoms with E-state index in [1.807, 2.05) is 31.2 Å². The van der Waals surface area contributed by atoms with E-state index in [1.54, 1.807) is 12.3 Å². The number of nitrogens with zero attached hydrogens (tertiary/aromatic N) is 2. The fourth-order valence-electron chi connectivity index (χ4n) is 1.79. The Hall–Kier alpha value is -2.14. The smallest absolute Gasteiger partial charge is 0.266 e. The van der Waals surface area contributed by atoms with E-state index in [2.05, 4.69) is 5.10 Å². The van der Waals surface area contributed by atoms with Gasteiger partial charge in [-0.2, -0.15) is 5.10 Å². The van der Waals surface area contributed by atoms with Gasteiger partial charge in [0.05, 0.1) is 13.2 Å². The zero-order valence-corrected chi connectivity index (χ0v) is 10.8. The van der Waals surface area contributed by atoms with E-state index in [0.717, 1.165) is 11.3 Å². The van der Waals surface area contributed by atoms with Crippen LogP contribution in [0, 0.1) is 0 Å². The molecule has 1 atom stereocenters. The van der Waals surface area contributed by atoms with Gasteiger partial charge in [-0.1, -0.05) is 12.1 Å². The lowest BCUT2D eigenvalue weighted by atomic mass is 10.1. The van der Waals surface area contributed by atoms with Gasteiger partial charge in [-0.25, -0.2) is 4.68 Å². The van der Waals surface area contributed by atoms with Crippen LogP contribution in [0.5, 0.6) is 5.75 Å². The summed E-state index contributed by atoms with van der Waals surface area (Å²) in [7, 11) is 0. The molecule has 1 aromatic heterocycles. The first-order chi connectivity index (χ1) is 9.20. The summed E-state index contributed by atoms with van der Waals surface area (Å²) in [4.78, 5) is 11.6. The average Bonchev–Trinajstić information content (AvgIpc) is 2.42. The maximum Gasteiger partial charge on any atom is 0.266 e. The molecule has 2 aromatic rings. The number of aromatic nitrogens is 2. The average molecular weight is 259 g/mol. The van der Waals surface area contributed by atoms with Crippen LogP contribution in [0.2, 0.25) is 0 Å². The van der Waals surface area contributed by atoms with Gasteiger partial charge in [-0.3, -0.25) is 4.79 Å². The second kappa shape index (κ2) is 6.15. The number of hydrogen-bond donors (Lipinski definition) is 1. The molecule has 2 N–H and O–H groups in total. The van der Waals surface area contributed by atoms with Gasteiger partial charge in [0.2, 0.25) is 0 Å². The monoisotopic (exact) mass is 259 g/mol. The molecule has 0 spiro atoms. The Kier molecular flexibility index (Phi) is 4.30. The SMILES string of the molecule is CCOc1ccc(C(N)Cn2ncccc2=O)cc1. The van der Waals surface area contributed by atoms with Crippen LogP contribution in [0.4, 0.5) is 0 Å². The van der Waals surface area contributed by atoms with E-state index in [1.165, 1.54) is 10.7 Å². The Morgan fingerprint density at radius 2 is 2.05 bits per heavy atom. The third-order valence-corrected chi connectivity index (χ3v) is 2.77. The highest BCUT2D eigenvalue weighted by Crippen LogP contribution is 2.17. The molecule has 19 heavy (non-hydrogen) atoms. The van der Waals surface area contributed by atoms with Gasteiger partial charge >= 0.3 is 0 Å². The first kappa shape index (κ1) is 13.3. The predicted octanol–water partition coefficient (Wildman–Crippen LogP) is 1.34. The number of benzene rings is 1. The highest BCUT2D eigenvalue weighted by atomic mass is 16.5. The van der Waals surface area contributed by atoms with Crippen molar-refractivity contribution in [3.8, 4) is 5.75 Å². The van der Waals surface area contributed by atoms with Crippen molar-refractivity contribution < 1.29 is 4.74 Å². The fraction of sp³-hybridized carbons (Fsp3) is 0.286. The summed E-state index contributed by atoms with van der Waals surface area (Å²) in [6.45, 7) is 2.93. The second-order valence-electron chi connectivity index (χ2n) is 4.15. The maximum absolute atomic E-state index is 11.6. The van der Waals surface area contributed by atoms with Crippen molar-refractivity contribution in [1.29, 1.82) is 0 Å². The number of ether oxygens (including phenoxy) is 1. The zero-order valence-electron chi connectivity index (χ0n) is 10.8. The van der Waals surface area contributed by atoms with Crippen molar-refractivity contribution in [3.05, 3.63) is 58.5 Å². The molecule has 5 heteroatoms. The quantitative estimate of drug-likeness (QED) is 0.879. The van der Waals surface area contributed by atoms with Gasteiger partial charge in [0, 0.05) is 18.3 Å². The van der Waals surface area contributed by atoms with Crippen LogP contribution in [0.1, 0.15) is 18.5 Å². The van der Waals surface area contributed by atoms with Crippen molar-refractivity contribution in [2.75, 3.05) is 6.61 Å². The molecule has 5 nitrogen and oxygen atoms in total. The Bertz CT molecular complexity index is 578. The minimum atomic E-state index is -0.275. The van der Waals surface area contributed by atoms with Crippen LogP contribution in [-0.4, -0.2) is 16.4 Å². The maximum atomic E-state index is 11.6. The number of rotatable bonds is 5. The lowest BCUT2D eigenvalue weighted by Gasteiger charge is -2.13. The molecule has 0 aliphatic rings. The molecule has 1 heterocycles. The fourth-order valence-corrected chi connectivity index (χ4v) is 1.79. The molecular formula is C14H17N3O2. The van der Waals surface area contributed by atoms with E-state index in [-0.39, 0.29) is 11.6 Å². The molecule has 100 valence electrons. The largest absolute Gasteiger partial charge is 0.494 e. The molecule has 0 aliphatic heterocycles. The molecule has 0 saturated carbocycles. The Morgan fingerprint density at radius 1 is 1.32 bits per heavy atom. The molecule has 1 aromatic carbocycles. The first-order valence-electron chi connectivity index (χ1n) is 6.21. The Morgan fingerprint density at radius 3 is 2.68 bits per heavy atom. The molecule has 2 rings (SSSR count). The lowest BCUT2D eigenvalue weighted by Crippen LogP contribution is -2.27. The number of hydrogen-bond acceptors (Lipinski definition) is 4. The van der Waals surface area contributed by atoms with Crippen LogP contribution in [0.3, 0.4) is 0 Å². The molecule has 0 amide bonds. The van der Waals surface area contributed by atoms with Crippen molar-refractivity contribution in [2.45, 2.75) is 19.5 Å². The van der Waals surface area contributed by atoms with Crippen LogP contribution >= 0.6 is 0 Å². The van der Waals surface area contributed by atoms with E-state index >= 15 is 0 Å². The van der Waals surface area contributed by atoms with Gasteiger partial charge in [0.25, 0.3) is 5.56 Å². The topological polar surface area (TPSA) is 70.1 Å².